The molecule has 35 heavy (non-hydrogen) atoms. The van der Waals surface area contributed by atoms with Crippen LogP contribution in [0.3, 0.4) is 0 Å². The van der Waals surface area contributed by atoms with E-state index in [4.69, 9.17) is 9.15 Å². The van der Waals surface area contributed by atoms with Gasteiger partial charge in [-0.3, -0.25) is 0 Å². The maximum absolute atomic E-state index is 13.0. The van der Waals surface area contributed by atoms with Crippen LogP contribution in [0.15, 0.2) is 71.7 Å². The molecule has 0 amide bonds. The van der Waals surface area contributed by atoms with Crippen LogP contribution in [0.1, 0.15) is 43.7 Å². The summed E-state index contributed by atoms with van der Waals surface area (Å²) in [5.41, 5.74) is 2.27. The van der Waals surface area contributed by atoms with Crippen LogP contribution < -0.4 is 15.2 Å². The summed E-state index contributed by atoms with van der Waals surface area (Å²) in [5, 5.41) is 21.4. The first-order chi connectivity index (χ1) is 17.0. The van der Waals surface area contributed by atoms with Gasteiger partial charge in [0.25, 0.3) is 0 Å². The van der Waals surface area contributed by atoms with Crippen LogP contribution in [-0.4, -0.2) is 23.0 Å². The lowest BCUT2D eigenvalue weighted by atomic mass is 9.95. The van der Waals surface area contributed by atoms with Gasteiger partial charge in [-0.15, -0.1) is 16.4 Å². The highest BCUT2D eigenvalue weighted by atomic mass is 79.9. The molecule has 0 unspecified atom stereocenters. The van der Waals surface area contributed by atoms with Gasteiger partial charge in [0.05, 0.1) is 24.6 Å². The van der Waals surface area contributed by atoms with Crippen molar-refractivity contribution in [1.82, 2.24) is 4.57 Å². The topological polar surface area (TPSA) is 89.3 Å². The van der Waals surface area contributed by atoms with E-state index in [9.17, 15) is 9.90 Å². The van der Waals surface area contributed by atoms with E-state index in [-0.39, 0.29) is 17.4 Å². The van der Waals surface area contributed by atoms with Crippen molar-refractivity contribution in [1.29, 1.82) is 0 Å². The summed E-state index contributed by atoms with van der Waals surface area (Å²) < 4.78 is 13.9. The van der Waals surface area contributed by atoms with Gasteiger partial charge in [-0.05, 0) is 60.9 Å². The van der Waals surface area contributed by atoms with Gasteiger partial charge in [0.1, 0.15) is 5.58 Å². The Morgan fingerprint density at radius 2 is 2.00 bits per heavy atom. The first kappa shape index (κ1) is 23.6. The fourth-order valence-electron chi connectivity index (χ4n) is 4.47. The van der Waals surface area contributed by atoms with Crippen molar-refractivity contribution in [2.24, 2.45) is 10.2 Å². The Morgan fingerprint density at radius 3 is 2.80 bits per heavy atom. The van der Waals surface area contributed by atoms with Gasteiger partial charge in [0.2, 0.25) is 4.80 Å². The zero-order valence-electron chi connectivity index (χ0n) is 19.1. The largest absolute Gasteiger partial charge is 0.504 e. The zero-order chi connectivity index (χ0) is 24.4. The summed E-state index contributed by atoms with van der Waals surface area (Å²) in [4.78, 5) is 13.7. The molecule has 7 nitrogen and oxygen atoms in total. The fourth-order valence-corrected chi connectivity index (χ4v) is 5.77. The minimum Gasteiger partial charge on any atom is -0.504 e. The van der Waals surface area contributed by atoms with Crippen molar-refractivity contribution >= 4 is 44.5 Å². The molecule has 180 valence electrons. The Kier molecular flexibility index (Phi) is 6.88. The van der Waals surface area contributed by atoms with E-state index in [1.807, 2.05) is 23.6 Å². The highest BCUT2D eigenvalue weighted by molar-refractivity contribution is 9.10. The van der Waals surface area contributed by atoms with Crippen molar-refractivity contribution in [3.8, 4) is 22.8 Å². The highest BCUT2D eigenvalue weighted by Crippen LogP contribution is 2.32. The molecule has 9 heteroatoms. The van der Waals surface area contributed by atoms with Gasteiger partial charge in [-0.2, -0.15) is 5.10 Å². The van der Waals surface area contributed by atoms with E-state index in [1.165, 1.54) is 24.9 Å². The number of nitrogens with zero attached hydrogens (tertiary/aromatic N) is 3. The van der Waals surface area contributed by atoms with E-state index in [0.717, 1.165) is 51.6 Å². The molecule has 2 heterocycles. The second kappa shape index (κ2) is 10.2. The lowest BCUT2D eigenvalue weighted by molar-refractivity contribution is 0.350. The summed E-state index contributed by atoms with van der Waals surface area (Å²) in [7, 11) is 1.50. The number of halogens is 1. The number of rotatable bonds is 5. The van der Waals surface area contributed by atoms with Crippen molar-refractivity contribution in [2.75, 3.05) is 7.11 Å². The molecule has 0 bridgehead atoms. The Hall–Kier alpha value is -3.17. The minimum absolute atomic E-state index is 0.0703. The molecule has 4 aromatic rings. The molecule has 0 radical (unpaired) electrons. The normalized spacial score (nSPS) is 15.3. The van der Waals surface area contributed by atoms with Crippen molar-refractivity contribution in [3.05, 3.63) is 73.1 Å². The average Bonchev–Trinajstić information content (AvgIpc) is 3.29. The highest BCUT2D eigenvalue weighted by Gasteiger charge is 2.22. The van der Waals surface area contributed by atoms with Crippen LogP contribution in [0.5, 0.6) is 11.5 Å². The van der Waals surface area contributed by atoms with Crippen LogP contribution in [0, 0.1) is 0 Å². The minimum atomic E-state index is -0.367. The molecule has 1 aliphatic carbocycles. The van der Waals surface area contributed by atoms with Crippen LogP contribution in [0.4, 0.5) is 0 Å². The predicted octanol–water partition coefficient (Wildman–Crippen LogP) is 6.24. The van der Waals surface area contributed by atoms with Crippen LogP contribution >= 0.6 is 27.3 Å². The van der Waals surface area contributed by atoms with E-state index >= 15 is 0 Å². The maximum Gasteiger partial charge on any atom is 0.345 e. The number of aromatic nitrogens is 1. The second-order valence-corrected chi connectivity index (χ2v) is 10.2. The number of hydrogen-bond donors (Lipinski definition) is 1. The van der Waals surface area contributed by atoms with E-state index in [2.05, 4.69) is 30.7 Å². The summed E-state index contributed by atoms with van der Waals surface area (Å²) in [6, 6.07) is 12.7. The molecule has 2 aromatic carbocycles. The van der Waals surface area contributed by atoms with Gasteiger partial charge in [0.15, 0.2) is 11.5 Å². The summed E-state index contributed by atoms with van der Waals surface area (Å²) in [6.07, 6.45) is 7.18. The third kappa shape index (κ3) is 4.97. The lowest BCUT2D eigenvalue weighted by Crippen LogP contribution is -2.24. The quantitative estimate of drug-likeness (QED) is 0.180. The predicted molar refractivity (Wildman–Crippen MR) is 141 cm³/mol. The van der Waals surface area contributed by atoms with Crippen LogP contribution in [0.25, 0.3) is 22.2 Å². The third-order valence-corrected chi connectivity index (χ3v) is 7.53. The van der Waals surface area contributed by atoms with Crippen LogP contribution in [0.2, 0.25) is 0 Å². The smallest absolute Gasteiger partial charge is 0.345 e. The number of methoxy groups -OCH3 is 1. The summed E-state index contributed by atoms with van der Waals surface area (Å²) in [5.74, 6) is 0.445. The number of fused-ring (bicyclic) bond motifs is 1. The molecule has 0 aliphatic heterocycles. The fraction of sp³-hybridized carbons (Fsp3) is 0.269. The van der Waals surface area contributed by atoms with Crippen molar-refractivity contribution in [2.45, 2.75) is 38.1 Å². The standard InChI is InChI=1S/C26H24BrN3O4S/c1-33-24-11-16(7-9-22(24)31)14-28-29-26-30(19-5-3-2-4-6-19)21(15-35-26)20-13-17-12-18(27)8-10-23(17)34-25(20)32/h7-15,19,31H,2-6H2,1H3/b28-14+,29-26+. The molecule has 5 rings (SSSR count). The van der Waals surface area contributed by atoms with Gasteiger partial charge < -0.3 is 18.8 Å². The first-order valence-corrected chi connectivity index (χ1v) is 13.1. The zero-order valence-corrected chi connectivity index (χ0v) is 21.5. The van der Waals surface area contributed by atoms with E-state index < -0.39 is 0 Å². The van der Waals surface area contributed by atoms with Crippen molar-refractivity contribution < 1.29 is 14.3 Å². The molecule has 0 saturated heterocycles. The average molecular weight is 554 g/mol. The number of hydrogen-bond acceptors (Lipinski definition) is 7. The Bertz CT molecular complexity index is 1530. The number of phenols is 1. The number of thiazole rings is 1. The molecule has 1 fully saturated rings. The summed E-state index contributed by atoms with van der Waals surface area (Å²) in [6.45, 7) is 0. The molecule has 0 spiro atoms. The number of ether oxygens (including phenoxy) is 1. The maximum atomic E-state index is 13.0. The first-order valence-electron chi connectivity index (χ1n) is 11.4. The molecule has 2 aromatic heterocycles. The number of phenolic OH excluding ortho intramolecular Hbond substituents is 1. The molecule has 0 atom stereocenters. The third-order valence-electron chi connectivity index (χ3n) is 6.21. The number of aromatic hydroxyl groups is 1. The summed E-state index contributed by atoms with van der Waals surface area (Å²) >= 11 is 4.95. The molecular formula is C26H24BrN3O4S. The van der Waals surface area contributed by atoms with Gasteiger partial charge in [-0.25, -0.2) is 4.79 Å². The van der Waals surface area contributed by atoms with Crippen molar-refractivity contribution in [3.63, 3.8) is 0 Å². The van der Waals surface area contributed by atoms with Gasteiger partial charge >= 0.3 is 5.63 Å². The molecule has 1 saturated carbocycles. The molecular weight excluding hydrogens is 530 g/mol. The SMILES string of the molecule is COc1cc(/C=N/N=c2/scc(-c3cc4cc(Br)ccc4oc3=O)n2C2CCCCC2)ccc1O. The van der Waals surface area contributed by atoms with E-state index in [0.29, 0.717) is 16.9 Å². The van der Waals surface area contributed by atoms with Crippen LogP contribution in [-0.2, 0) is 0 Å². The Balaban J connectivity index is 1.60. The Labute approximate surface area is 214 Å². The lowest BCUT2D eigenvalue weighted by Gasteiger charge is -2.25. The monoisotopic (exact) mass is 553 g/mol. The Morgan fingerprint density at radius 1 is 1.17 bits per heavy atom. The second-order valence-electron chi connectivity index (χ2n) is 8.47. The molecule has 1 N–H and O–H groups in total. The molecule has 1 aliphatic rings. The van der Waals surface area contributed by atoms with Gasteiger partial charge in [-0.1, -0.05) is 35.2 Å². The van der Waals surface area contributed by atoms with E-state index in [1.54, 1.807) is 30.5 Å². The number of benzene rings is 2. The van der Waals surface area contributed by atoms with Gasteiger partial charge in [0, 0.05) is 21.3 Å².